The van der Waals surface area contributed by atoms with Crippen LogP contribution in [0.15, 0.2) is 35.2 Å². The molecule has 3 heteroatoms. The molecule has 0 aromatic heterocycles. The van der Waals surface area contributed by atoms with Crippen LogP contribution in [0.3, 0.4) is 0 Å². The minimum absolute atomic E-state index is 0.109. The number of fused-ring (bicyclic) bond motifs is 1. The first kappa shape index (κ1) is 19.0. The second-order valence-electron chi connectivity index (χ2n) is 7.50. The van der Waals surface area contributed by atoms with Gasteiger partial charge < -0.3 is 5.32 Å². The summed E-state index contributed by atoms with van der Waals surface area (Å²) in [5, 5.41) is 3.19. The third-order valence-electron chi connectivity index (χ3n) is 5.65. The Morgan fingerprint density at radius 1 is 1.12 bits per heavy atom. The SMILES string of the molecule is Cc1cc(C)c(C)c(S[C@H](C)C(=O)N[C@@H]2CCCc3ccccc32)c1C. The molecule has 0 unspecified atom stereocenters. The number of amides is 1. The molecule has 0 spiro atoms. The van der Waals surface area contributed by atoms with Crippen LogP contribution in [0.2, 0.25) is 0 Å². The standard InChI is InChI=1S/C23H29NOS/c1-14-13-15(2)17(4)22(16(14)3)26-18(5)23(25)24-21-12-8-10-19-9-6-7-11-20(19)21/h6-7,9,11,13,18,21H,8,10,12H2,1-5H3,(H,24,25)/t18-,21-/m1/s1. The Morgan fingerprint density at radius 2 is 1.77 bits per heavy atom. The van der Waals surface area contributed by atoms with E-state index in [1.54, 1.807) is 11.8 Å². The van der Waals surface area contributed by atoms with E-state index in [2.05, 4.69) is 63.3 Å². The molecule has 0 aliphatic heterocycles. The lowest BCUT2D eigenvalue weighted by Gasteiger charge is -2.27. The third kappa shape index (κ3) is 3.83. The summed E-state index contributed by atoms with van der Waals surface area (Å²) in [4.78, 5) is 14.1. The summed E-state index contributed by atoms with van der Waals surface area (Å²) < 4.78 is 0. The van der Waals surface area contributed by atoms with Gasteiger partial charge in [-0.15, -0.1) is 11.8 Å². The fraction of sp³-hybridized carbons (Fsp3) is 0.435. The van der Waals surface area contributed by atoms with Crippen molar-refractivity contribution in [3.8, 4) is 0 Å². The van der Waals surface area contributed by atoms with Crippen LogP contribution in [0.25, 0.3) is 0 Å². The number of hydrogen-bond donors (Lipinski definition) is 1. The predicted molar refractivity (Wildman–Crippen MR) is 111 cm³/mol. The van der Waals surface area contributed by atoms with E-state index in [1.807, 2.05) is 6.92 Å². The van der Waals surface area contributed by atoms with Gasteiger partial charge in [-0.3, -0.25) is 4.79 Å². The van der Waals surface area contributed by atoms with Crippen molar-refractivity contribution in [2.45, 2.75) is 70.1 Å². The molecule has 2 aromatic rings. The molecule has 1 aliphatic rings. The van der Waals surface area contributed by atoms with Crippen molar-refractivity contribution >= 4 is 17.7 Å². The third-order valence-corrected chi connectivity index (χ3v) is 7.06. The van der Waals surface area contributed by atoms with E-state index in [9.17, 15) is 4.79 Å². The van der Waals surface area contributed by atoms with Crippen molar-refractivity contribution in [1.29, 1.82) is 0 Å². The number of carbonyl (C=O) groups is 1. The first-order valence-corrected chi connectivity index (χ1v) is 10.4. The number of nitrogens with one attached hydrogen (secondary N) is 1. The average molecular weight is 368 g/mol. The first-order chi connectivity index (χ1) is 12.4. The van der Waals surface area contributed by atoms with Crippen molar-refractivity contribution in [3.05, 3.63) is 63.7 Å². The van der Waals surface area contributed by atoms with Crippen LogP contribution < -0.4 is 5.32 Å². The van der Waals surface area contributed by atoms with Gasteiger partial charge in [0.15, 0.2) is 0 Å². The zero-order valence-electron chi connectivity index (χ0n) is 16.5. The molecule has 138 valence electrons. The van der Waals surface area contributed by atoms with Crippen LogP contribution in [-0.4, -0.2) is 11.2 Å². The van der Waals surface area contributed by atoms with Crippen molar-refractivity contribution in [2.75, 3.05) is 0 Å². The van der Waals surface area contributed by atoms with E-state index in [0.717, 1.165) is 19.3 Å². The smallest absolute Gasteiger partial charge is 0.233 e. The molecule has 2 aromatic carbocycles. The molecule has 1 amide bonds. The number of benzene rings is 2. The molecule has 0 saturated heterocycles. The molecule has 1 N–H and O–H groups in total. The molecule has 0 saturated carbocycles. The highest BCUT2D eigenvalue weighted by molar-refractivity contribution is 8.00. The molecule has 0 radical (unpaired) electrons. The van der Waals surface area contributed by atoms with Gasteiger partial charge in [-0.1, -0.05) is 30.3 Å². The summed E-state index contributed by atoms with van der Waals surface area (Å²) in [5.41, 5.74) is 7.85. The van der Waals surface area contributed by atoms with Gasteiger partial charge >= 0.3 is 0 Å². The molecule has 0 bridgehead atoms. The highest BCUT2D eigenvalue weighted by Gasteiger charge is 2.25. The van der Waals surface area contributed by atoms with Crippen molar-refractivity contribution < 1.29 is 4.79 Å². The van der Waals surface area contributed by atoms with Gasteiger partial charge in [0, 0.05) is 4.90 Å². The van der Waals surface area contributed by atoms with Gasteiger partial charge in [0.2, 0.25) is 5.91 Å². The van der Waals surface area contributed by atoms with Crippen LogP contribution in [0.5, 0.6) is 0 Å². The number of carbonyl (C=O) groups excluding carboxylic acids is 1. The summed E-state index contributed by atoms with van der Waals surface area (Å²) in [7, 11) is 0. The second-order valence-corrected chi connectivity index (χ2v) is 8.85. The van der Waals surface area contributed by atoms with E-state index in [-0.39, 0.29) is 17.2 Å². The second kappa shape index (κ2) is 7.87. The summed E-state index contributed by atoms with van der Waals surface area (Å²) >= 11 is 1.69. The number of hydrogen-bond acceptors (Lipinski definition) is 2. The summed E-state index contributed by atoms with van der Waals surface area (Å²) in [6.45, 7) is 10.6. The van der Waals surface area contributed by atoms with Crippen LogP contribution >= 0.6 is 11.8 Å². The monoisotopic (exact) mass is 367 g/mol. The van der Waals surface area contributed by atoms with Gasteiger partial charge in [0.1, 0.15) is 0 Å². The first-order valence-electron chi connectivity index (χ1n) is 9.50. The van der Waals surface area contributed by atoms with Crippen molar-refractivity contribution in [2.24, 2.45) is 0 Å². The minimum atomic E-state index is -0.109. The summed E-state index contributed by atoms with van der Waals surface area (Å²) in [5.74, 6) is 0.134. The van der Waals surface area contributed by atoms with Gasteiger partial charge in [-0.05, 0) is 87.3 Å². The molecule has 2 nitrogen and oxygen atoms in total. The average Bonchev–Trinajstić information content (AvgIpc) is 2.63. The maximum absolute atomic E-state index is 12.9. The Hall–Kier alpha value is -1.74. The number of thioether (sulfide) groups is 1. The molecule has 0 heterocycles. The van der Waals surface area contributed by atoms with E-state index >= 15 is 0 Å². The van der Waals surface area contributed by atoms with E-state index < -0.39 is 0 Å². The van der Waals surface area contributed by atoms with Crippen LogP contribution in [0.1, 0.15) is 59.2 Å². The molecular weight excluding hydrogens is 338 g/mol. The van der Waals surface area contributed by atoms with Crippen molar-refractivity contribution in [1.82, 2.24) is 5.32 Å². The van der Waals surface area contributed by atoms with Gasteiger partial charge in [0.25, 0.3) is 0 Å². The molecule has 2 atom stereocenters. The lowest BCUT2D eigenvalue weighted by molar-refractivity contribution is -0.121. The maximum Gasteiger partial charge on any atom is 0.233 e. The zero-order chi connectivity index (χ0) is 18.8. The van der Waals surface area contributed by atoms with Gasteiger partial charge in [0.05, 0.1) is 11.3 Å². The summed E-state index contributed by atoms with van der Waals surface area (Å²) in [6, 6.07) is 10.9. The molecule has 26 heavy (non-hydrogen) atoms. The molecule has 3 rings (SSSR count). The fourth-order valence-electron chi connectivity index (χ4n) is 3.78. The van der Waals surface area contributed by atoms with Gasteiger partial charge in [-0.2, -0.15) is 0 Å². The Labute approximate surface area is 161 Å². The maximum atomic E-state index is 12.9. The lowest BCUT2D eigenvalue weighted by Crippen LogP contribution is -2.36. The fourth-order valence-corrected chi connectivity index (χ4v) is 4.98. The molecule has 1 aliphatic carbocycles. The van der Waals surface area contributed by atoms with Crippen LogP contribution in [0, 0.1) is 27.7 Å². The van der Waals surface area contributed by atoms with Gasteiger partial charge in [-0.25, -0.2) is 0 Å². The summed E-state index contributed by atoms with van der Waals surface area (Å²) in [6.07, 6.45) is 3.29. The Morgan fingerprint density at radius 3 is 2.46 bits per heavy atom. The Bertz CT molecular complexity index is 801. The lowest BCUT2D eigenvalue weighted by atomic mass is 9.88. The molecular formula is C23H29NOS. The van der Waals surface area contributed by atoms with E-state index in [1.165, 1.54) is 38.3 Å². The Balaban J connectivity index is 1.74. The van der Waals surface area contributed by atoms with Crippen molar-refractivity contribution in [3.63, 3.8) is 0 Å². The van der Waals surface area contributed by atoms with E-state index in [0.29, 0.717) is 0 Å². The highest BCUT2D eigenvalue weighted by Crippen LogP contribution is 2.35. The molecule has 0 fully saturated rings. The largest absolute Gasteiger partial charge is 0.348 e. The predicted octanol–water partition coefficient (Wildman–Crippen LogP) is 5.59. The zero-order valence-corrected chi connectivity index (χ0v) is 17.3. The minimum Gasteiger partial charge on any atom is -0.348 e. The van der Waals surface area contributed by atoms with Crippen LogP contribution in [-0.2, 0) is 11.2 Å². The number of rotatable bonds is 4. The Kier molecular flexibility index (Phi) is 5.76. The van der Waals surface area contributed by atoms with E-state index in [4.69, 9.17) is 0 Å². The highest BCUT2D eigenvalue weighted by atomic mass is 32.2. The normalized spacial score (nSPS) is 17.5. The van der Waals surface area contributed by atoms with Crippen LogP contribution in [0.4, 0.5) is 0 Å². The number of aryl methyl sites for hydroxylation is 3. The topological polar surface area (TPSA) is 29.1 Å². The quantitative estimate of drug-likeness (QED) is 0.713.